The molecule has 0 fully saturated rings. The molecule has 2 heterocycles. The van der Waals surface area contributed by atoms with Crippen molar-refractivity contribution >= 4 is 28.3 Å². The van der Waals surface area contributed by atoms with Crippen LogP contribution in [0.4, 0.5) is 5.95 Å². The van der Waals surface area contributed by atoms with E-state index < -0.39 is 0 Å². The summed E-state index contributed by atoms with van der Waals surface area (Å²) in [5.41, 5.74) is 3.35. The molecule has 4 nitrogen and oxygen atoms in total. The van der Waals surface area contributed by atoms with Gasteiger partial charge >= 0.3 is 0 Å². The first-order valence-electron chi connectivity index (χ1n) is 7.16. The Hall–Kier alpha value is -1.88. The molecule has 3 rings (SSSR count). The predicted molar refractivity (Wildman–Crippen MR) is 89.1 cm³/mol. The van der Waals surface area contributed by atoms with Crippen molar-refractivity contribution in [2.24, 2.45) is 0 Å². The number of anilines is 1. The molecule has 2 aromatic heterocycles. The molecule has 0 bridgehead atoms. The van der Waals surface area contributed by atoms with Crippen molar-refractivity contribution in [3.05, 3.63) is 40.3 Å². The highest BCUT2D eigenvalue weighted by Gasteiger charge is 2.17. The number of aromatic amines is 1. The summed E-state index contributed by atoms with van der Waals surface area (Å²) >= 11 is 1.73. The number of rotatable bonds is 4. The molecule has 0 saturated heterocycles. The Bertz CT molecular complexity index is 703. The molecule has 0 atom stereocenters. The number of hydrogen-bond donors (Lipinski definition) is 2. The van der Waals surface area contributed by atoms with Crippen LogP contribution in [0.2, 0.25) is 0 Å². The predicted octanol–water partition coefficient (Wildman–Crippen LogP) is 3.97. The maximum atomic E-state index is 4.70. The van der Waals surface area contributed by atoms with E-state index in [4.69, 9.17) is 4.98 Å². The van der Waals surface area contributed by atoms with E-state index in [1.807, 2.05) is 24.3 Å². The zero-order valence-corrected chi connectivity index (χ0v) is 13.4. The second-order valence-corrected chi connectivity index (χ2v) is 7.10. The molecule has 0 radical (unpaired) electrons. The molecule has 21 heavy (non-hydrogen) atoms. The summed E-state index contributed by atoms with van der Waals surface area (Å²) < 4.78 is 0. The molecule has 5 heteroatoms. The highest BCUT2D eigenvalue weighted by atomic mass is 32.1. The highest BCUT2D eigenvalue weighted by molar-refractivity contribution is 7.09. The van der Waals surface area contributed by atoms with Crippen molar-refractivity contribution in [2.45, 2.75) is 32.6 Å². The summed E-state index contributed by atoms with van der Waals surface area (Å²) in [7, 11) is 0. The second kappa shape index (κ2) is 5.48. The zero-order chi connectivity index (χ0) is 14.9. The van der Waals surface area contributed by atoms with Gasteiger partial charge in [0.1, 0.15) is 0 Å². The lowest BCUT2D eigenvalue weighted by Crippen LogP contribution is -2.12. The van der Waals surface area contributed by atoms with Gasteiger partial charge in [0.15, 0.2) is 0 Å². The van der Waals surface area contributed by atoms with Crippen LogP contribution in [0.25, 0.3) is 11.0 Å². The van der Waals surface area contributed by atoms with Gasteiger partial charge in [0.25, 0.3) is 0 Å². The molecule has 0 aliphatic rings. The minimum absolute atomic E-state index is 0.126. The maximum absolute atomic E-state index is 4.70. The Morgan fingerprint density at radius 2 is 2.00 bits per heavy atom. The van der Waals surface area contributed by atoms with Crippen molar-refractivity contribution in [3.63, 3.8) is 0 Å². The number of fused-ring (bicyclic) bond motifs is 1. The normalized spacial score (nSPS) is 12.0. The summed E-state index contributed by atoms with van der Waals surface area (Å²) in [6.07, 6.45) is 0.914. The minimum atomic E-state index is 0.126. The Morgan fingerprint density at radius 1 is 1.19 bits per heavy atom. The van der Waals surface area contributed by atoms with Crippen LogP contribution in [-0.2, 0) is 11.8 Å². The van der Waals surface area contributed by atoms with E-state index in [1.165, 1.54) is 10.7 Å². The number of para-hydroxylation sites is 2. The third-order valence-electron chi connectivity index (χ3n) is 3.34. The van der Waals surface area contributed by atoms with Crippen molar-refractivity contribution in [1.82, 2.24) is 15.0 Å². The molecule has 110 valence electrons. The molecule has 3 aromatic rings. The molecule has 0 aliphatic heterocycles. The van der Waals surface area contributed by atoms with E-state index in [1.54, 1.807) is 11.3 Å². The average molecular weight is 300 g/mol. The first-order valence-corrected chi connectivity index (χ1v) is 8.04. The number of thiazole rings is 1. The van der Waals surface area contributed by atoms with Gasteiger partial charge in [-0.05, 0) is 12.1 Å². The fourth-order valence-corrected chi connectivity index (χ4v) is 3.12. The van der Waals surface area contributed by atoms with Crippen LogP contribution < -0.4 is 5.32 Å². The first kappa shape index (κ1) is 14.1. The lowest BCUT2D eigenvalue weighted by Gasteiger charge is -2.14. The van der Waals surface area contributed by atoms with Crippen LogP contribution in [0.3, 0.4) is 0 Å². The monoisotopic (exact) mass is 300 g/mol. The van der Waals surface area contributed by atoms with E-state index >= 15 is 0 Å². The summed E-state index contributed by atoms with van der Waals surface area (Å²) in [5.74, 6) is 0.823. The Kier molecular flexibility index (Phi) is 3.68. The third kappa shape index (κ3) is 3.24. The fraction of sp³-hybridized carbons (Fsp3) is 0.375. The van der Waals surface area contributed by atoms with Gasteiger partial charge in [-0.15, -0.1) is 11.3 Å². The largest absolute Gasteiger partial charge is 0.355 e. The number of benzene rings is 1. The Morgan fingerprint density at radius 3 is 2.71 bits per heavy atom. The summed E-state index contributed by atoms with van der Waals surface area (Å²) in [6, 6.07) is 8.04. The zero-order valence-electron chi connectivity index (χ0n) is 12.6. The topological polar surface area (TPSA) is 53.6 Å². The molecule has 1 aromatic carbocycles. The van der Waals surface area contributed by atoms with Gasteiger partial charge in [0.05, 0.1) is 21.7 Å². The van der Waals surface area contributed by atoms with E-state index in [0.717, 1.165) is 29.9 Å². The maximum Gasteiger partial charge on any atom is 0.201 e. The molecule has 2 N–H and O–H groups in total. The lowest BCUT2D eigenvalue weighted by molar-refractivity contribution is 0.571. The van der Waals surface area contributed by atoms with Crippen molar-refractivity contribution < 1.29 is 0 Å². The molecule has 0 aliphatic carbocycles. The standard InChI is InChI=1S/C16H20N4S/c1-16(2,3)13-10-21-14(20-13)8-9-17-15-18-11-6-4-5-7-12(11)19-15/h4-7,10H,8-9H2,1-3H3,(H2,17,18,19). The van der Waals surface area contributed by atoms with E-state index in [0.29, 0.717) is 0 Å². The Labute approximate surface area is 128 Å². The molecular weight excluding hydrogens is 280 g/mol. The second-order valence-electron chi connectivity index (χ2n) is 6.16. The Balaban J connectivity index is 1.59. The SMILES string of the molecule is CC(C)(C)c1csc(CCNc2nc3ccccc3[nH]2)n1. The van der Waals surface area contributed by atoms with Crippen molar-refractivity contribution in [2.75, 3.05) is 11.9 Å². The first-order chi connectivity index (χ1) is 10.0. The van der Waals surface area contributed by atoms with E-state index in [9.17, 15) is 0 Å². The molecule has 0 unspecified atom stereocenters. The van der Waals surface area contributed by atoms with Crippen LogP contribution >= 0.6 is 11.3 Å². The smallest absolute Gasteiger partial charge is 0.201 e. The van der Waals surface area contributed by atoms with E-state index in [2.05, 4.69) is 41.4 Å². The van der Waals surface area contributed by atoms with Gasteiger partial charge in [-0.2, -0.15) is 0 Å². The quantitative estimate of drug-likeness (QED) is 0.766. The van der Waals surface area contributed by atoms with Crippen LogP contribution in [0.1, 0.15) is 31.5 Å². The van der Waals surface area contributed by atoms with Gasteiger partial charge in [-0.1, -0.05) is 32.9 Å². The summed E-state index contributed by atoms with van der Waals surface area (Å²) in [6.45, 7) is 7.41. The summed E-state index contributed by atoms with van der Waals surface area (Å²) in [4.78, 5) is 12.5. The number of nitrogens with zero attached hydrogens (tertiary/aromatic N) is 2. The van der Waals surface area contributed by atoms with Crippen LogP contribution in [-0.4, -0.2) is 21.5 Å². The van der Waals surface area contributed by atoms with E-state index in [-0.39, 0.29) is 5.41 Å². The molecular formula is C16H20N4S. The molecule has 0 saturated carbocycles. The number of nitrogens with one attached hydrogen (secondary N) is 2. The average Bonchev–Trinajstić information content (AvgIpc) is 3.03. The number of aromatic nitrogens is 3. The lowest BCUT2D eigenvalue weighted by atomic mass is 9.93. The van der Waals surface area contributed by atoms with Crippen molar-refractivity contribution in [1.29, 1.82) is 0 Å². The minimum Gasteiger partial charge on any atom is -0.355 e. The fourth-order valence-electron chi connectivity index (χ4n) is 2.09. The highest BCUT2D eigenvalue weighted by Crippen LogP contribution is 2.24. The van der Waals surface area contributed by atoms with Gasteiger partial charge in [-0.3, -0.25) is 0 Å². The van der Waals surface area contributed by atoms with Gasteiger partial charge in [-0.25, -0.2) is 9.97 Å². The number of H-pyrrole nitrogens is 1. The third-order valence-corrected chi connectivity index (χ3v) is 4.25. The molecule has 0 spiro atoms. The molecule has 0 amide bonds. The van der Waals surface area contributed by atoms with Crippen molar-refractivity contribution in [3.8, 4) is 0 Å². The summed E-state index contributed by atoms with van der Waals surface area (Å²) in [5, 5.41) is 6.66. The van der Waals surface area contributed by atoms with Crippen LogP contribution in [0, 0.1) is 0 Å². The van der Waals surface area contributed by atoms with Gasteiger partial charge < -0.3 is 10.3 Å². The number of hydrogen-bond acceptors (Lipinski definition) is 4. The van der Waals surface area contributed by atoms with Gasteiger partial charge in [0.2, 0.25) is 5.95 Å². The van der Waals surface area contributed by atoms with Crippen LogP contribution in [0.15, 0.2) is 29.6 Å². The number of imidazole rings is 1. The van der Waals surface area contributed by atoms with Crippen LogP contribution in [0.5, 0.6) is 0 Å². The van der Waals surface area contributed by atoms with Gasteiger partial charge in [0, 0.05) is 23.8 Å².